The van der Waals surface area contributed by atoms with E-state index in [1.165, 1.54) is 0 Å². The molecule has 2 aliphatic rings. The molecule has 0 aromatic heterocycles. The van der Waals surface area contributed by atoms with Crippen molar-refractivity contribution < 1.29 is 22.3 Å². The summed E-state index contributed by atoms with van der Waals surface area (Å²) >= 11 is 0. The molecule has 128 valence electrons. The summed E-state index contributed by atoms with van der Waals surface area (Å²) in [5, 5.41) is 9.60. The molecule has 23 heavy (non-hydrogen) atoms. The van der Waals surface area contributed by atoms with Crippen molar-refractivity contribution in [1.82, 2.24) is 9.62 Å². The molecule has 0 radical (unpaired) electrons. The molecule has 1 saturated carbocycles. The van der Waals surface area contributed by atoms with Crippen LogP contribution in [0.5, 0.6) is 0 Å². The number of β-amino-alcohol motifs (C(OH)–C–C–N with tert-alkyl or cyclic N) is 1. The molecular formula is C15H20F2N2O3S. The van der Waals surface area contributed by atoms with Gasteiger partial charge in [-0.05, 0) is 44.0 Å². The van der Waals surface area contributed by atoms with Gasteiger partial charge in [-0.25, -0.2) is 21.9 Å². The Morgan fingerprint density at radius 1 is 1.30 bits per heavy atom. The molecule has 1 aromatic carbocycles. The summed E-state index contributed by atoms with van der Waals surface area (Å²) < 4.78 is 53.9. The monoisotopic (exact) mass is 346 g/mol. The topological polar surface area (TPSA) is 69.6 Å². The van der Waals surface area contributed by atoms with Crippen LogP contribution >= 0.6 is 0 Å². The molecule has 1 aliphatic heterocycles. The first-order valence-corrected chi connectivity index (χ1v) is 9.26. The minimum Gasteiger partial charge on any atom is -0.387 e. The average Bonchev–Trinajstić information content (AvgIpc) is 3.15. The second kappa shape index (κ2) is 6.43. The molecule has 1 aliphatic carbocycles. The fourth-order valence-electron chi connectivity index (χ4n) is 2.86. The number of nitrogens with one attached hydrogen (secondary N) is 1. The van der Waals surface area contributed by atoms with Gasteiger partial charge >= 0.3 is 0 Å². The second-order valence-corrected chi connectivity index (χ2v) is 8.28. The Hall–Kier alpha value is -1.09. The molecule has 8 heteroatoms. The molecule has 1 aromatic rings. The van der Waals surface area contributed by atoms with Crippen molar-refractivity contribution in [2.24, 2.45) is 0 Å². The molecule has 0 spiro atoms. The van der Waals surface area contributed by atoms with Crippen LogP contribution in [0.25, 0.3) is 0 Å². The van der Waals surface area contributed by atoms with Gasteiger partial charge in [0.1, 0.15) is 11.6 Å². The molecule has 0 amide bonds. The van der Waals surface area contributed by atoms with E-state index >= 15 is 0 Å². The zero-order valence-corrected chi connectivity index (χ0v) is 13.4. The van der Waals surface area contributed by atoms with Gasteiger partial charge in [0, 0.05) is 24.7 Å². The Bertz CT molecular complexity index is 679. The van der Waals surface area contributed by atoms with Gasteiger partial charge in [-0.1, -0.05) is 0 Å². The lowest BCUT2D eigenvalue weighted by Crippen LogP contribution is -2.38. The van der Waals surface area contributed by atoms with Crippen molar-refractivity contribution in [3.05, 3.63) is 35.4 Å². The molecule has 0 bridgehead atoms. The van der Waals surface area contributed by atoms with E-state index in [1.54, 1.807) is 4.90 Å². The minimum absolute atomic E-state index is 0.0704. The Kier molecular flexibility index (Phi) is 4.68. The molecule has 1 heterocycles. The Morgan fingerprint density at radius 2 is 2.04 bits per heavy atom. The van der Waals surface area contributed by atoms with Gasteiger partial charge in [0.05, 0.1) is 11.4 Å². The van der Waals surface area contributed by atoms with Crippen molar-refractivity contribution in [2.45, 2.75) is 36.7 Å². The Morgan fingerprint density at radius 3 is 2.74 bits per heavy atom. The van der Waals surface area contributed by atoms with E-state index < -0.39 is 33.0 Å². The van der Waals surface area contributed by atoms with Crippen LogP contribution in [0.3, 0.4) is 0 Å². The van der Waals surface area contributed by atoms with Crippen LogP contribution in [-0.2, 0) is 10.0 Å². The Labute approximate surface area is 134 Å². The quantitative estimate of drug-likeness (QED) is 0.811. The SMILES string of the molecule is O=S(=O)(NC1CC1)[C@@H]1CCN(C[C@@H](O)c2cc(F)ccc2F)C1. The van der Waals surface area contributed by atoms with E-state index in [9.17, 15) is 22.3 Å². The van der Waals surface area contributed by atoms with Gasteiger partial charge in [-0.15, -0.1) is 0 Å². The molecule has 0 unspecified atom stereocenters. The molecule has 2 fully saturated rings. The molecule has 1 saturated heterocycles. The minimum atomic E-state index is -3.35. The zero-order chi connectivity index (χ0) is 16.6. The smallest absolute Gasteiger partial charge is 0.216 e. The highest BCUT2D eigenvalue weighted by atomic mass is 32.2. The van der Waals surface area contributed by atoms with Crippen LogP contribution in [0.2, 0.25) is 0 Å². The van der Waals surface area contributed by atoms with E-state index in [-0.39, 0.29) is 24.7 Å². The van der Waals surface area contributed by atoms with Crippen molar-refractivity contribution in [3.63, 3.8) is 0 Å². The third-order valence-electron chi connectivity index (χ3n) is 4.32. The maximum Gasteiger partial charge on any atom is 0.216 e. The summed E-state index contributed by atoms with van der Waals surface area (Å²) in [5.41, 5.74) is -0.104. The van der Waals surface area contributed by atoms with Crippen LogP contribution in [-0.4, -0.2) is 49.4 Å². The van der Waals surface area contributed by atoms with Crippen LogP contribution < -0.4 is 4.72 Å². The third kappa shape index (κ3) is 4.06. The summed E-state index contributed by atoms with van der Waals surface area (Å²) in [6.07, 6.45) is 1.05. The summed E-state index contributed by atoms with van der Waals surface area (Å²) in [4.78, 5) is 1.77. The fourth-order valence-corrected chi connectivity index (χ4v) is 4.57. The fraction of sp³-hybridized carbons (Fsp3) is 0.600. The molecular weight excluding hydrogens is 326 g/mol. The number of hydrogen-bond acceptors (Lipinski definition) is 4. The van der Waals surface area contributed by atoms with Crippen molar-refractivity contribution in [3.8, 4) is 0 Å². The first kappa shape index (κ1) is 16.8. The largest absolute Gasteiger partial charge is 0.387 e. The normalized spacial score (nSPS) is 24.0. The number of halogens is 2. The summed E-state index contributed by atoms with van der Waals surface area (Å²) in [7, 11) is -3.35. The van der Waals surface area contributed by atoms with E-state index in [0.717, 1.165) is 31.0 Å². The third-order valence-corrected chi connectivity index (χ3v) is 6.25. The number of sulfonamides is 1. The maximum atomic E-state index is 13.7. The van der Waals surface area contributed by atoms with Crippen molar-refractivity contribution >= 4 is 10.0 Å². The molecule has 2 N–H and O–H groups in total. The number of likely N-dealkylation sites (tertiary alicyclic amines) is 1. The van der Waals surface area contributed by atoms with Gasteiger partial charge in [-0.3, -0.25) is 4.90 Å². The van der Waals surface area contributed by atoms with E-state index in [2.05, 4.69) is 4.72 Å². The summed E-state index contributed by atoms with van der Waals surface area (Å²) in [6.45, 7) is 0.871. The number of aliphatic hydroxyl groups excluding tert-OH is 1. The highest BCUT2D eigenvalue weighted by molar-refractivity contribution is 7.90. The number of nitrogens with zero attached hydrogens (tertiary/aromatic N) is 1. The average molecular weight is 346 g/mol. The Balaban J connectivity index is 1.60. The summed E-state index contributed by atoms with van der Waals surface area (Å²) in [5.74, 6) is -1.28. The summed E-state index contributed by atoms with van der Waals surface area (Å²) in [6, 6.07) is 3.01. The number of hydrogen-bond donors (Lipinski definition) is 2. The first-order valence-electron chi connectivity index (χ1n) is 7.71. The van der Waals surface area contributed by atoms with E-state index in [0.29, 0.717) is 13.0 Å². The first-order chi connectivity index (χ1) is 10.8. The lowest BCUT2D eigenvalue weighted by molar-refractivity contribution is 0.122. The number of rotatable bonds is 6. The van der Waals surface area contributed by atoms with Gasteiger partial charge in [0.25, 0.3) is 0 Å². The number of benzene rings is 1. The second-order valence-electron chi connectivity index (χ2n) is 6.29. The predicted octanol–water partition coefficient (Wildman–Crippen LogP) is 1.15. The van der Waals surface area contributed by atoms with Crippen molar-refractivity contribution in [2.75, 3.05) is 19.6 Å². The van der Waals surface area contributed by atoms with Gasteiger partial charge in [0.15, 0.2) is 0 Å². The highest BCUT2D eigenvalue weighted by Crippen LogP contribution is 2.25. The van der Waals surface area contributed by atoms with Crippen LogP contribution in [0.15, 0.2) is 18.2 Å². The van der Waals surface area contributed by atoms with Gasteiger partial charge in [0.2, 0.25) is 10.0 Å². The molecule has 2 atom stereocenters. The van der Waals surface area contributed by atoms with E-state index in [1.807, 2.05) is 0 Å². The van der Waals surface area contributed by atoms with Gasteiger partial charge in [-0.2, -0.15) is 0 Å². The van der Waals surface area contributed by atoms with Crippen LogP contribution in [0, 0.1) is 11.6 Å². The maximum absolute atomic E-state index is 13.7. The molecule has 3 rings (SSSR count). The predicted molar refractivity (Wildman–Crippen MR) is 81.2 cm³/mol. The van der Waals surface area contributed by atoms with E-state index in [4.69, 9.17) is 0 Å². The van der Waals surface area contributed by atoms with Crippen molar-refractivity contribution in [1.29, 1.82) is 0 Å². The lowest BCUT2D eigenvalue weighted by Gasteiger charge is -2.21. The zero-order valence-electron chi connectivity index (χ0n) is 12.6. The van der Waals surface area contributed by atoms with Gasteiger partial charge < -0.3 is 5.11 Å². The highest BCUT2D eigenvalue weighted by Gasteiger charge is 2.37. The van der Waals surface area contributed by atoms with Crippen LogP contribution in [0.1, 0.15) is 30.9 Å². The molecule has 5 nitrogen and oxygen atoms in total. The lowest BCUT2D eigenvalue weighted by atomic mass is 10.1. The standard InChI is InChI=1S/C15H20F2N2O3S/c16-10-1-4-14(17)13(7-10)15(20)9-19-6-5-12(8-19)23(21,22)18-11-2-3-11/h1,4,7,11-12,15,18,20H,2-3,5-6,8-9H2/t12-,15-/m1/s1. The van der Waals surface area contributed by atoms with Crippen LogP contribution in [0.4, 0.5) is 8.78 Å². The number of aliphatic hydroxyl groups is 1.